The van der Waals surface area contributed by atoms with Crippen molar-refractivity contribution in [2.24, 2.45) is 0 Å². The fourth-order valence-corrected chi connectivity index (χ4v) is 4.05. The van der Waals surface area contributed by atoms with E-state index in [4.69, 9.17) is 4.74 Å². The second-order valence-corrected chi connectivity index (χ2v) is 6.71. The number of fused-ring (bicyclic) bond motifs is 1. The molecule has 1 aliphatic heterocycles. The highest BCUT2D eigenvalue weighted by molar-refractivity contribution is 7.21. The number of hydrogen-bond acceptors (Lipinski definition) is 4. The van der Waals surface area contributed by atoms with Crippen LogP contribution in [0, 0.1) is 0 Å². The van der Waals surface area contributed by atoms with E-state index in [2.05, 4.69) is 0 Å². The lowest BCUT2D eigenvalue weighted by Gasteiger charge is -2.35. The SMILES string of the molecule is O=C(O)c1c(C(=O)N2CCOCC2CC(F)(F)F)sc2ccccc12. The Morgan fingerprint density at radius 1 is 1.32 bits per heavy atom. The first-order chi connectivity index (χ1) is 11.8. The molecule has 1 fully saturated rings. The summed E-state index contributed by atoms with van der Waals surface area (Å²) in [6, 6.07) is 5.46. The monoisotopic (exact) mass is 373 g/mol. The van der Waals surface area contributed by atoms with Gasteiger partial charge in [-0.15, -0.1) is 11.3 Å². The molecule has 2 aromatic rings. The fourth-order valence-electron chi connectivity index (χ4n) is 2.90. The van der Waals surface area contributed by atoms with E-state index in [0.29, 0.717) is 10.1 Å². The number of carboxylic acids is 1. The number of amides is 1. The Morgan fingerprint density at radius 2 is 2.04 bits per heavy atom. The highest BCUT2D eigenvalue weighted by Gasteiger charge is 2.39. The van der Waals surface area contributed by atoms with Crippen molar-refractivity contribution >= 4 is 33.3 Å². The molecule has 0 aliphatic carbocycles. The first-order valence-electron chi connectivity index (χ1n) is 7.48. The molecule has 25 heavy (non-hydrogen) atoms. The number of nitrogens with zero attached hydrogens (tertiary/aromatic N) is 1. The molecule has 9 heteroatoms. The molecule has 0 saturated carbocycles. The van der Waals surface area contributed by atoms with Crippen LogP contribution in [0.25, 0.3) is 10.1 Å². The average Bonchev–Trinajstić information content (AvgIpc) is 2.93. The van der Waals surface area contributed by atoms with Gasteiger partial charge in [0.05, 0.1) is 31.2 Å². The molecule has 1 aliphatic rings. The number of benzene rings is 1. The quantitative estimate of drug-likeness (QED) is 0.896. The summed E-state index contributed by atoms with van der Waals surface area (Å²) in [4.78, 5) is 25.5. The molecule has 0 spiro atoms. The van der Waals surface area contributed by atoms with E-state index in [1.54, 1.807) is 24.3 Å². The molecule has 1 amide bonds. The number of alkyl halides is 3. The van der Waals surface area contributed by atoms with Gasteiger partial charge >= 0.3 is 12.1 Å². The van der Waals surface area contributed by atoms with Gasteiger partial charge in [0.2, 0.25) is 0 Å². The largest absolute Gasteiger partial charge is 0.478 e. The number of rotatable bonds is 3. The number of carbonyl (C=O) groups is 2. The van der Waals surface area contributed by atoms with Crippen molar-refractivity contribution < 1.29 is 32.6 Å². The number of morpholine rings is 1. The predicted octanol–water partition coefficient (Wildman–Crippen LogP) is 3.39. The lowest BCUT2D eigenvalue weighted by molar-refractivity contribution is -0.155. The summed E-state index contributed by atoms with van der Waals surface area (Å²) in [7, 11) is 0. The molecule has 1 atom stereocenters. The van der Waals surface area contributed by atoms with Gasteiger partial charge in [0, 0.05) is 16.6 Å². The molecule has 1 saturated heterocycles. The summed E-state index contributed by atoms with van der Waals surface area (Å²) in [5.41, 5.74) is -0.164. The summed E-state index contributed by atoms with van der Waals surface area (Å²) >= 11 is 0.980. The van der Waals surface area contributed by atoms with Crippen LogP contribution in [0.2, 0.25) is 0 Å². The number of ether oxygens (including phenoxy) is 1. The number of carbonyl (C=O) groups excluding carboxylic acids is 1. The van der Waals surface area contributed by atoms with Crippen molar-refractivity contribution in [2.45, 2.75) is 18.6 Å². The molecular weight excluding hydrogens is 359 g/mol. The van der Waals surface area contributed by atoms with Gasteiger partial charge in [0.25, 0.3) is 5.91 Å². The average molecular weight is 373 g/mol. The van der Waals surface area contributed by atoms with Gasteiger partial charge in [-0.3, -0.25) is 4.79 Å². The lowest BCUT2D eigenvalue weighted by atomic mass is 10.1. The van der Waals surface area contributed by atoms with E-state index in [9.17, 15) is 27.9 Å². The highest BCUT2D eigenvalue weighted by atomic mass is 32.1. The summed E-state index contributed by atoms with van der Waals surface area (Å²) < 4.78 is 44.0. The highest BCUT2D eigenvalue weighted by Crippen LogP contribution is 2.34. The van der Waals surface area contributed by atoms with Crippen LogP contribution >= 0.6 is 11.3 Å². The topological polar surface area (TPSA) is 66.8 Å². The van der Waals surface area contributed by atoms with Gasteiger partial charge in [-0.25, -0.2) is 4.79 Å². The maximum atomic E-state index is 12.8. The summed E-state index contributed by atoms with van der Waals surface area (Å²) in [6.07, 6.45) is -5.63. The van der Waals surface area contributed by atoms with Crippen LogP contribution in [-0.4, -0.2) is 53.9 Å². The van der Waals surface area contributed by atoms with Crippen molar-refractivity contribution in [2.75, 3.05) is 19.8 Å². The van der Waals surface area contributed by atoms with E-state index in [-0.39, 0.29) is 30.2 Å². The number of aromatic carboxylic acids is 1. The van der Waals surface area contributed by atoms with Crippen molar-refractivity contribution in [3.05, 3.63) is 34.7 Å². The maximum Gasteiger partial charge on any atom is 0.391 e. The molecule has 1 aromatic carbocycles. The molecule has 0 bridgehead atoms. The van der Waals surface area contributed by atoms with E-state index >= 15 is 0 Å². The number of halogens is 3. The molecule has 1 unspecified atom stereocenters. The molecule has 134 valence electrons. The summed E-state index contributed by atoms with van der Waals surface area (Å²) in [5.74, 6) is -1.97. The zero-order valence-corrected chi connectivity index (χ0v) is 13.7. The van der Waals surface area contributed by atoms with Gasteiger partial charge in [0.15, 0.2) is 0 Å². The van der Waals surface area contributed by atoms with Crippen LogP contribution in [-0.2, 0) is 4.74 Å². The standard InChI is InChI=1S/C16H14F3NO4S/c17-16(18,19)7-9-8-24-6-5-20(9)14(21)13-12(15(22)23)10-3-1-2-4-11(10)25-13/h1-4,9H,5-8H2,(H,22,23). The van der Waals surface area contributed by atoms with Crippen LogP contribution in [0.15, 0.2) is 24.3 Å². The first-order valence-corrected chi connectivity index (χ1v) is 8.30. The summed E-state index contributed by atoms with van der Waals surface area (Å²) in [6.45, 7) is -0.112. The third kappa shape index (κ3) is 3.62. The fraction of sp³-hybridized carbons (Fsp3) is 0.375. The second-order valence-electron chi connectivity index (χ2n) is 5.65. The van der Waals surface area contributed by atoms with E-state index < -0.39 is 30.5 Å². The maximum absolute atomic E-state index is 12.8. The van der Waals surface area contributed by atoms with Gasteiger partial charge in [0.1, 0.15) is 4.88 Å². The van der Waals surface area contributed by atoms with E-state index in [1.807, 2.05) is 0 Å². The molecule has 0 radical (unpaired) electrons. The Kier molecular flexibility index (Phi) is 4.70. The second kappa shape index (κ2) is 6.64. The van der Waals surface area contributed by atoms with Crippen molar-refractivity contribution in [3.63, 3.8) is 0 Å². The Balaban J connectivity index is 2.00. The normalized spacial score (nSPS) is 18.5. The minimum Gasteiger partial charge on any atom is -0.478 e. The molecule has 5 nitrogen and oxygen atoms in total. The minimum absolute atomic E-state index is 0.00706. The van der Waals surface area contributed by atoms with Gasteiger partial charge < -0.3 is 14.7 Å². The number of hydrogen-bond donors (Lipinski definition) is 1. The van der Waals surface area contributed by atoms with E-state index in [0.717, 1.165) is 16.2 Å². The van der Waals surface area contributed by atoms with Gasteiger partial charge in [-0.1, -0.05) is 18.2 Å². The molecule has 1 aromatic heterocycles. The minimum atomic E-state index is -4.44. The van der Waals surface area contributed by atoms with Crippen LogP contribution in [0.4, 0.5) is 13.2 Å². The van der Waals surface area contributed by atoms with Gasteiger partial charge in [-0.2, -0.15) is 13.2 Å². The molecular formula is C16H14F3NO4S. The third-order valence-corrected chi connectivity index (χ3v) is 5.12. The van der Waals surface area contributed by atoms with Gasteiger partial charge in [-0.05, 0) is 6.07 Å². The van der Waals surface area contributed by atoms with Crippen molar-refractivity contribution in [1.82, 2.24) is 4.90 Å². The molecule has 1 N–H and O–H groups in total. The van der Waals surface area contributed by atoms with E-state index in [1.165, 1.54) is 0 Å². The Morgan fingerprint density at radius 3 is 2.72 bits per heavy atom. The van der Waals surface area contributed by atoms with Crippen LogP contribution in [0.5, 0.6) is 0 Å². The molecule has 2 heterocycles. The zero-order valence-electron chi connectivity index (χ0n) is 12.9. The van der Waals surface area contributed by atoms with Crippen LogP contribution in [0.3, 0.4) is 0 Å². The smallest absolute Gasteiger partial charge is 0.391 e. The Labute approximate surface area is 144 Å². The molecule has 3 rings (SSSR count). The predicted molar refractivity (Wildman–Crippen MR) is 85.1 cm³/mol. The van der Waals surface area contributed by atoms with Crippen molar-refractivity contribution in [1.29, 1.82) is 0 Å². The third-order valence-electron chi connectivity index (χ3n) is 3.96. The Hall–Kier alpha value is -2.13. The zero-order chi connectivity index (χ0) is 18.2. The summed E-state index contributed by atoms with van der Waals surface area (Å²) in [5, 5.41) is 9.89. The van der Waals surface area contributed by atoms with Crippen molar-refractivity contribution in [3.8, 4) is 0 Å². The Bertz CT molecular complexity index is 817. The van der Waals surface area contributed by atoms with Crippen LogP contribution in [0.1, 0.15) is 26.5 Å². The number of carboxylic acid groups (broad SMARTS) is 1. The number of thiophene rings is 1. The van der Waals surface area contributed by atoms with Crippen LogP contribution < -0.4 is 0 Å². The lowest BCUT2D eigenvalue weighted by Crippen LogP contribution is -2.50. The first kappa shape index (κ1) is 17.7.